The van der Waals surface area contributed by atoms with Crippen LogP contribution in [0, 0.1) is 47.3 Å². The molecule has 3 saturated heterocycles. The van der Waals surface area contributed by atoms with Crippen molar-refractivity contribution in [1.29, 1.82) is 0 Å². The predicted octanol–water partition coefficient (Wildman–Crippen LogP) is 4.90. The molecular weight excluding hydrogens is 975 g/mol. The van der Waals surface area contributed by atoms with Gasteiger partial charge in [-0.2, -0.15) is 0 Å². The number of fused-ring (bicyclic) bond motifs is 2. The van der Waals surface area contributed by atoms with Gasteiger partial charge in [0.2, 0.25) is 17.7 Å². The van der Waals surface area contributed by atoms with Gasteiger partial charge in [-0.15, -0.1) is 0 Å². The Hall–Kier alpha value is -5.24. The zero-order valence-electron chi connectivity index (χ0n) is 45.6. The average Bonchev–Trinajstić information content (AvgIpc) is 3.42. The van der Waals surface area contributed by atoms with Gasteiger partial charge < -0.3 is 55.8 Å². The number of Topliss-reactive ketones (excluding diaryl/α,β-unsaturated/α-hetero) is 1. The highest BCUT2D eigenvalue weighted by atomic mass is 16.5. The molecule has 1 saturated carbocycles. The van der Waals surface area contributed by atoms with Crippen LogP contribution in [-0.2, 0) is 38.2 Å². The lowest BCUT2D eigenvalue weighted by molar-refractivity contribution is -0.320. The second kappa shape index (κ2) is 26.9. The number of esters is 1. The summed E-state index contributed by atoms with van der Waals surface area (Å²) < 4.78 is 12.8. The smallest absolute Gasteiger partial charge is 0.325 e. The average molecular weight is 1060 g/mol. The number of hydrazine groups is 1. The number of nitrogens with zero attached hydrogens (tertiary/aromatic N) is 1. The van der Waals surface area contributed by atoms with Crippen LogP contribution in [0.4, 0.5) is 0 Å². The molecule has 420 valence electrons. The van der Waals surface area contributed by atoms with Crippen molar-refractivity contribution in [3.05, 3.63) is 77.9 Å². The number of hydrogen-bond acceptors (Lipinski definition) is 14. The van der Waals surface area contributed by atoms with E-state index in [1.807, 2.05) is 45.9 Å². The number of ketones is 1. The van der Waals surface area contributed by atoms with E-state index >= 15 is 0 Å². The van der Waals surface area contributed by atoms with Crippen LogP contribution in [0.25, 0.3) is 0 Å². The number of allylic oxidation sites excluding steroid dienone is 5. The molecule has 1 aromatic carbocycles. The summed E-state index contributed by atoms with van der Waals surface area (Å²) in [6.07, 6.45) is 11.7. The summed E-state index contributed by atoms with van der Waals surface area (Å²) in [6.45, 7) is 14.3. The molecule has 0 aromatic heterocycles. The molecule has 1 aliphatic carbocycles. The number of nitrogens with one attached hydrogen (secondary N) is 4. The molecule has 1 aromatic rings. The Labute approximate surface area is 448 Å². The van der Waals surface area contributed by atoms with Crippen molar-refractivity contribution in [2.75, 3.05) is 6.54 Å². The van der Waals surface area contributed by atoms with Crippen LogP contribution in [0.2, 0.25) is 0 Å². The van der Waals surface area contributed by atoms with Gasteiger partial charge in [0.15, 0.2) is 0 Å². The van der Waals surface area contributed by atoms with Gasteiger partial charge in [-0.1, -0.05) is 96.2 Å². The molecule has 9 N–H and O–H groups in total. The number of cyclic esters (lactones) is 1. The van der Waals surface area contributed by atoms with Crippen LogP contribution < -0.4 is 21.4 Å². The van der Waals surface area contributed by atoms with Gasteiger partial charge in [-0.3, -0.25) is 29.0 Å². The highest BCUT2D eigenvalue weighted by molar-refractivity contribution is 5.93. The number of rotatable bonds is 14. The van der Waals surface area contributed by atoms with Gasteiger partial charge in [-0.05, 0) is 100 Å². The Morgan fingerprint density at radius 3 is 2.41 bits per heavy atom. The maximum Gasteiger partial charge on any atom is 0.325 e. The molecule has 18 heteroatoms. The molecule has 76 heavy (non-hydrogen) atoms. The molecule has 2 bridgehead atoms. The first-order valence-electron chi connectivity index (χ1n) is 27.6. The number of ether oxygens (including phenoxy) is 2. The van der Waals surface area contributed by atoms with Gasteiger partial charge >= 0.3 is 5.97 Å². The van der Waals surface area contributed by atoms with E-state index < -0.39 is 102 Å². The van der Waals surface area contributed by atoms with Crippen LogP contribution in [0.15, 0.2) is 72.4 Å². The number of phenols is 1. The molecule has 0 radical (unpaired) electrons. The number of amides is 4. The molecule has 4 amide bonds. The van der Waals surface area contributed by atoms with E-state index in [9.17, 15) is 54.3 Å². The van der Waals surface area contributed by atoms with Crippen molar-refractivity contribution >= 4 is 35.4 Å². The second-order valence-corrected chi connectivity index (χ2v) is 22.6. The maximum absolute atomic E-state index is 14.5. The van der Waals surface area contributed by atoms with Crippen LogP contribution in [0.3, 0.4) is 0 Å². The van der Waals surface area contributed by atoms with E-state index in [0.717, 1.165) is 19.3 Å². The summed E-state index contributed by atoms with van der Waals surface area (Å²) in [5, 5.41) is 65.9. The van der Waals surface area contributed by atoms with Gasteiger partial charge in [0.25, 0.3) is 5.91 Å². The number of hydrogen-bond donors (Lipinski definition) is 9. The molecule has 4 heterocycles. The van der Waals surface area contributed by atoms with Crippen LogP contribution in [-0.4, -0.2) is 127 Å². The highest BCUT2D eigenvalue weighted by Gasteiger charge is 2.67. The first-order valence-corrected chi connectivity index (χ1v) is 27.6. The Morgan fingerprint density at radius 1 is 0.961 bits per heavy atom. The number of piperidine rings is 1. The number of aromatic hydroxyl groups is 1. The number of benzene rings is 1. The van der Waals surface area contributed by atoms with Crippen molar-refractivity contribution in [2.24, 2.45) is 47.3 Å². The van der Waals surface area contributed by atoms with Crippen molar-refractivity contribution in [3.8, 4) is 5.75 Å². The molecule has 5 aliphatic rings. The number of carbonyl (C=O) groups is 6. The fraction of sp³-hybridized carbons (Fsp3) is 0.655. The highest BCUT2D eigenvalue weighted by Crippen LogP contribution is 2.57. The monoisotopic (exact) mass is 1060 g/mol. The van der Waals surface area contributed by atoms with Crippen molar-refractivity contribution < 1.29 is 63.8 Å². The standard InChI is InChI=1S/C58H85N5O13/c1-9-38-28-40-30-43-52(69)37(8)48(76-58(40,43)61-53(38)70)31-46(67)33(4)18-12-10-13-19-34(5)47-24-15-11-14-23-45(66)36(7)51(68)42(26-25-35(6)64)54(71)59-49(32(2)3)55(72)60-50(39-20-16-21-41(65)29-39)56(73)63-27-17-22-44(62-63)57(74)75-47/h10-11,13-16,19-21,23,29,32-33,36-38,40,42-52,62,65-69H,9,12,17-18,22,24-28,30-31H2,1-8H3,(H,59,71)(H,60,72)(H,61,70)/b13-10+,15-11+,23-14+,34-19+/t33-,36-,37-,38-,40+,42+,43-,44?,45-,46-,47-,48-,49-,50?,51+,52-,58+/m0/s1. The summed E-state index contributed by atoms with van der Waals surface area (Å²) in [7, 11) is 0. The first kappa shape index (κ1) is 60.0. The van der Waals surface area contributed by atoms with Crippen LogP contribution in [0.1, 0.15) is 138 Å². The number of aliphatic hydroxyl groups excluding tert-OH is 4. The third kappa shape index (κ3) is 14.5. The van der Waals surface area contributed by atoms with E-state index in [-0.39, 0.29) is 78.4 Å². The lowest BCUT2D eigenvalue weighted by atomic mass is 9.55. The Morgan fingerprint density at radius 2 is 1.71 bits per heavy atom. The molecule has 6 rings (SSSR count). The van der Waals surface area contributed by atoms with E-state index in [1.54, 1.807) is 45.1 Å². The lowest BCUT2D eigenvalue weighted by Gasteiger charge is -2.65. The number of aliphatic hydroxyl groups is 4. The van der Waals surface area contributed by atoms with Gasteiger partial charge in [0, 0.05) is 55.4 Å². The molecule has 2 unspecified atom stereocenters. The van der Waals surface area contributed by atoms with Gasteiger partial charge in [-0.25, -0.2) is 5.43 Å². The lowest BCUT2D eigenvalue weighted by Crippen LogP contribution is -2.78. The normalized spacial score (nSPS) is 35.9. The molecule has 4 aliphatic heterocycles. The first-order chi connectivity index (χ1) is 36.1. The minimum atomic E-state index is -1.44. The third-order valence-corrected chi connectivity index (χ3v) is 16.8. The summed E-state index contributed by atoms with van der Waals surface area (Å²) >= 11 is 0. The van der Waals surface area contributed by atoms with Gasteiger partial charge in [0.1, 0.15) is 41.5 Å². The molecule has 1 spiro atoms. The predicted molar refractivity (Wildman–Crippen MR) is 284 cm³/mol. The summed E-state index contributed by atoms with van der Waals surface area (Å²) in [5.74, 6) is -6.14. The maximum atomic E-state index is 14.5. The largest absolute Gasteiger partial charge is 0.508 e. The molecule has 17 atom stereocenters. The molecule has 18 nitrogen and oxygen atoms in total. The quantitative estimate of drug-likeness (QED) is 0.0886. The van der Waals surface area contributed by atoms with Crippen LogP contribution in [0.5, 0.6) is 5.75 Å². The third-order valence-electron chi connectivity index (χ3n) is 16.8. The molecular formula is C58H85N5O13. The summed E-state index contributed by atoms with van der Waals surface area (Å²) in [6, 6.07) is 2.28. The zero-order valence-corrected chi connectivity index (χ0v) is 45.6. The molecule has 4 fully saturated rings. The Kier molecular flexibility index (Phi) is 21.2. The SMILES string of the molecule is CC[C@H]1C[C@@H]2C[C@H]3[C@@H](O)[C@@H](C)[C@H](C[C@H](O)[C@@H](C)CC/C=C/C=C(\C)[C@@H]4C/C=C/C=C/[C@H](O)[C@H](C)[C@@H](O)[C@@H](CCC(C)=O)C(=O)N[C@@H](C(C)C)C(=O)NC(c5cccc(O)c5)C(=O)N5CCCC(N5)C(=O)O4)O[C@]23NC1=O. The fourth-order valence-corrected chi connectivity index (χ4v) is 11.5. The van der Waals surface area contributed by atoms with E-state index in [4.69, 9.17) is 9.47 Å². The van der Waals surface area contributed by atoms with E-state index in [2.05, 4.69) is 21.4 Å². The fourth-order valence-electron chi connectivity index (χ4n) is 11.5. The Bertz CT molecular complexity index is 2340. The van der Waals surface area contributed by atoms with Crippen molar-refractivity contribution in [1.82, 2.24) is 26.4 Å². The Balaban J connectivity index is 1.18. The van der Waals surface area contributed by atoms with E-state index in [0.29, 0.717) is 37.7 Å². The minimum absolute atomic E-state index is 0.0321. The second-order valence-electron chi connectivity index (χ2n) is 22.6. The summed E-state index contributed by atoms with van der Waals surface area (Å²) in [5.41, 5.74) is 3.08. The van der Waals surface area contributed by atoms with Crippen LogP contribution >= 0.6 is 0 Å². The van der Waals surface area contributed by atoms with Crippen molar-refractivity contribution in [3.63, 3.8) is 0 Å². The number of carbonyl (C=O) groups excluding carboxylic acids is 6. The van der Waals surface area contributed by atoms with Crippen molar-refractivity contribution in [2.45, 2.75) is 186 Å². The minimum Gasteiger partial charge on any atom is -0.508 e. The van der Waals surface area contributed by atoms with E-state index in [1.165, 1.54) is 36.2 Å². The van der Waals surface area contributed by atoms with Gasteiger partial charge in [0.05, 0.1) is 36.4 Å². The topological polar surface area (TPSA) is 273 Å². The number of phenolic OH excluding ortho intramolecular Hbond substituents is 1. The summed E-state index contributed by atoms with van der Waals surface area (Å²) in [4.78, 5) is 81.9. The zero-order chi connectivity index (χ0) is 55.6.